The number of halogens is 6. The average Bonchev–Trinajstić information content (AvgIpc) is 3.08. The molecule has 0 aliphatic carbocycles. The number of rotatable bonds is 3. The molecule has 0 aromatic heterocycles. The summed E-state index contributed by atoms with van der Waals surface area (Å²) in [6.07, 6.45) is -5.70. The quantitative estimate of drug-likeness (QED) is 0.102. The largest absolute Gasteiger partial charge is 0.458 e. The minimum Gasteiger partial charge on any atom is -0.207 e. The Bertz CT molecular complexity index is 2630. The van der Waals surface area contributed by atoms with Gasteiger partial charge in [0.2, 0.25) is 0 Å². The highest BCUT2D eigenvalue weighted by molar-refractivity contribution is 6.26. The van der Waals surface area contributed by atoms with Crippen LogP contribution in [0, 0.1) is 5.82 Å². The van der Waals surface area contributed by atoms with Gasteiger partial charge < -0.3 is 0 Å². The van der Waals surface area contributed by atoms with E-state index in [9.17, 15) is 26.3 Å². The van der Waals surface area contributed by atoms with Gasteiger partial charge in [-0.2, -0.15) is 22.0 Å². The molecule has 9 rings (SSSR count). The fourth-order valence-corrected chi connectivity index (χ4v) is 7.45. The zero-order chi connectivity index (χ0) is 32.9. The second-order valence-electron chi connectivity index (χ2n) is 12.3. The SMILES string of the molecule is Fc1ccc2cc(-c3c4ccccc4c(-c4cc5ccc6cc(C(F)(F)C(F)(F)F)cc7ccc(c4)c5c67)c4ccccc34)ccc2c1. The van der Waals surface area contributed by atoms with E-state index in [0.29, 0.717) is 16.2 Å². The first-order chi connectivity index (χ1) is 23.1. The molecule has 0 heterocycles. The van der Waals surface area contributed by atoms with Crippen LogP contribution in [0.5, 0.6) is 0 Å². The lowest BCUT2D eigenvalue weighted by atomic mass is 9.84. The van der Waals surface area contributed by atoms with Crippen LogP contribution in [0.2, 0.25) is 0 Å². The van der Waals surface area contributed by atoms with E-state index in [-0.39, 0.29) is 5.82 Å². The topological polar surface area (TPSA) is 0 Å². The first kappa shape index (κ1) is 28.6. The third kappa shape index (κ3) is 4.11. The maximum atomic E-state index is 14.4. The van der Waals surface area contributed by atoms with Crippen molar-refractivity contribution in [2.75, 3.05) is 0 Å². The predicted octanol–water partition coefficient (Wildman–Crippen LogP) is 13.2. The monoisotopic (exact) mass is 640 g/mol. The molecule has 9 aromatic carbocycles. The van der Waals surface area contributed by atoms with Crippen molar-refractivity contribution in [3.63, 3.8) is 0 Å². The van der Waals surface area contributed by atoms with E-state index in [1.165, 1.54) is 12.1 Å². The summed E-state index contributed by atoms with van der Waals surface area (Å²) in [6.45, 7) is 0. The van der Waals surface area contributed by atoms with E-state index in [0.717, 1.165) is 82.9 Å². The van der Waals surface area contributed by atoms with Gasteiger partial charge in [0.05, 0.1) is 0 Å². The number of alkyl halides is 5. The predicted molar refractivity (Wildman–Crippen MR) is 183 cm³/mol. The summed E-state index contributed by atoms with van der Waals surface area (Å²) >= 11 is 0. The molecule has 232 valence electrons. The molecule has 0 amide bonds. The molecule has 0 N–H and O–H groups in total. The van der Waals surface area contributed by atoms with Crippen molar-refractivity contribution in [3.05, 3.63) is 145 Å². The number of hydrogen-bond donors (Lipinski definition) is 0. The van der Waals surface area contributed by atoms with Crippen LogP contribution < -0.4 is 0 Å². The fourth-order valence-electron chi connectivity index (χ4n) is 7.45. The van der Waals surface area contributed by atoms with Crippen LogP contribution >= 0.6 is 0 Å². The molecular weight excluding hydrogens is 618 g/mol. The van der Waals surface area contributed by atoms with Gasteiger partial charge in [0.25, 0.3) is 0 Å². The highest BCUT2D eigenvalue weighted by Crippen LogP contribution is 2.48. The number of fused-ring (bicyclic) bond motifs is 3. The normalized spacial score (nSPS) is 12.8. The summed E-state index contributed by atoms with van der Waals surface area (Å²) in [6, 6.07) is 40.2. The molecule has 0 saturated carbocycles. The summed E-state index contributed by atoms with van der Waals surface area (Å²) in [5.74, 6) is -5.25. The lowest BCUT2D eigenvalue weighted by Gasteiger charge is -2.22. The smallest absolute Gasteiger partial charge is 0.207 e. The van der Waals surface area contributed by atoms with Crippen LogP contribution in [0.25, 0.3) is 86.9 Å². The third-order valence-corrected chi connectivity index (χ3v) is 9.56. The van der Waals surface area contributed by atoms with Crippen molar-refractivity contribution in [2.45, 2.75) is 12.1 Å². The van der Waals surface area contributed by atoms with E-state index in [1.54, 1.807) is 30.3 Å². The molecular formula is C42H22F6. The number of hydrogen-bond acceptors (Lipinski definition) is 0. The Labute approximate surface area is 269 Å². The van der Waals surface area contributed by atoms with Gasteiger partial charge in [0, 0.05) is 5.56 Å². The van der Waals surface area contributed by atoms with Gasteiger partial charge in [-0.3, -0.25) is 0 Å². The van der Waals surface area contributed by atoms with Gasteiger partial charge >= 0.3 is 12.1 Å². The Morgan fingerprint density at radius 1 is 0.375 bits per heavy atom. The van der Waals surface area contributed by atoms with E-state index in [4.69, 9.17) is 0 Å². The molecule has 9 aromatic rings. The Morgan fingerprint density at radius 3 is 1.27 bits per heavy atom. The highest BCUT2D eigenvalue weighted by Gasteiger charge is 2.58. The highest BCUT2D eigenvalue weighted by atomic mass is 19.4. The van der Waals surface area contributed by atoms with Crippen molar-refractivity contribution >= 4 is 64.6 Å². The lowest BCUT2D eigenvalue weighted by Crippen LogP contribution is -2.33. The minimum absolute atomic E-state index is 0.281. The summed E-state index contributed by atoms with van der Waals surface area (Å²) in [4.78, 5) is 0. The van der Waals surface area contributed by atoms with E-state index >= 15 is 0 Å². The summed E-state index contributed by atoms with van der Waals surface area (Å²) in [5.41, 5.74) is 3.00. The second-order valence-corrected chi connectivity index (χ2v) is 12.3. The molecule has 0 atom stereocenters. The molecule has 48 heavy (non-hydrogen) atoms. The van der Waals surface area contributed by atoms with Crippen LogP contribution in [0.3, 0.4) is 0 Å². The zero-order valence-corrected chi connectivity index (χ0v) is 25.0. The zero-order valence-electron chi connectivity index (χ0n) is 25.0. The average molecular weight is 641 g/mol. The maximum Gasteiger partial charge on any atom is 0.458 e. The summed E-state index contributed by atoms with van der Waals surface area (Å²) < 4.78 is 82.5. The van der Waals surface area contributed by atoms with E-state index in [2.05, 4.69) is 42.5 Å². The molecule has 0 unspecified atom stereocenters. The molecule has 0 radical (unpaired) electrons. The van der Waals surface area contributed by atoms with Crippen LogP contribution in [0.15, 0.2) is 133 Å². The Kier molecular flexibility index (Phi) is 5.92. The molecule has 6 heteroatoms. The van der Waals surface area contributed by atoms with Crippen LogP contribution in [-0.4, -0.2) is 6.18 Å². The van der Waals surface area contributed by atoms with Crippen LogP contribution in [0.1, 0.15) is 5.56 Å². The Morgan fingerprint density at radius 2 is 0.771 bits per heavy atom. The van der Waals surface area contributed by atoms with Gasteiger partial charge in [-0.05, 0) is 129 Å². The van der Waals surface area contributed by atoms with Gasteiger partial charge in [-0.1, -0.05) is 91.0 Å². The Balaban J connectivity index is 1.30. The molecule has 0 nitrogen and oxygen atoms in total. The van der Waals surface area contributed by atoms with Gasteiger partial charge in [-0.15, -0.1) is 0 Å². The summed E-state index contributed by atoms with van der Waals surface area (Å²) in [7, 11) is 0. The van der Waals surface area contributed by atoms with Crippen molar-refractivity contribution in [1.82, 2.24) is 0 Å². The number of benzene rings is 9. The molecule has 0 saturated heterocycles. The van der Waals surface area contributed by atoms with Crippen molar-refractivity contribution in [2.24, 2.45) is 0 Å². The first-order valence-corrected chi connectivity index (χ1v) is 15.4. The van der Waals surface area contributed by atoms with E-state index in [1.807, 2.05) is 36.4 Å². The van der Waals surface area contributed by atoms with Crippen LogP contribution in [-0.2, 0) is 5.92 Å². The van der Waals surface area contributed by atoms with Crippen molar-refractivity contribution in [1.29, 1.82) is 0 Å². The molecule has 0 aliphatic heterocycles. The second kappa shape index (κ2) is 9.94. The molecule has 0 aliphatic rings. The van der Waals surface area contributed by atoms with Gasteiger partial charge in [0.15, 0.2) is 0 Å². The molecule has 0 fully saturated rings. The Hall–Kier alpha value is -5.62. The molecule has 0 spiro atoms. The molecule has 0 bridgehead atoms. The summed E-state index contributed by atoms with van der Waals surface area (Å²) in [5, 5.41) is 9.78. The van der Waals surface area contributed by atoms with Gasteiger partial charge in [-0.25, -0.2) is 4.39 Å². The standard InChI is InChI=1S/C42H22F6/c43-32-16-15-23-17-27(10-9-24(23)22-32)39-33-5-1-3-7-35(33)40(36-8-4-2-6-34(36)39)30-18-25-11-13-28-20-31(41(44,45)42(46,47)48)21-29-14-12-26(19-30)37(25)38(28)29/h1-22H. The lowest BCUT2D eigenvalue weighted by molar-refractivity contribution is -0.289. The van der Waals surface area contributed by atoms with Crippen molar-refractivity contribution in [3.8, 4) is 22.3 Å². The minimum atomic E-state index is -5.70. The first-order valence-electron chi connectivity index (χ1n) is 15.4. The third-order valence-electron chi connectivity index (χ3n) is 9.56. The van der Waals surface area contributed by atoms with E-state index < -0.39 is 17.7 Å². The maximum absolute atomic E-state index is 14.4. The van der Waals surface area contributed by atoms with Crippen molar-refractivity contribution < 1.29 is 26.3 Å². The van der Waals surface area contributed by atoms with Crippen LogP contribution in [0.4, 0.5) is 26.3 Å². The fraction of sp³-hybridized carbons (Fsp3) is 0.0476. The van der Waals surface area contributed by atoms with Gasteiger partial charge in [0.1, 0.15) is 5.82 Å².